The van der Waals surface area contributed by atoms with Crippen molar-refractivity contribution in [3.05, 3.63) is 35.7 Å². The minimum Gasteiger partial charge on any atom is -0.477 e. The quantitative estimate of drug-likeness (QED) is 0.911. The number of hydrogen-bond acceptors (Lipinski definition) is 3. The molecule has 1 N–H and O–H groups in total. The van der Waals surface area contributed by atoms with Gasteiger partial charge < -0.3 is 9.84 Å². The summed E-state index contributed by atoms with van der Waals surface area (Å²) in [6.07, 6.45) is -4.77. The molecule has 0 aliphatic carbocycles. The number of carbonyl (C=O) groups is 1. The van der Waals surface area contributed by atoms with Gasteiger partial charge >= 0.3 is 12.3 Å². The summed E-state index contributed by atoms with van der Waals surface area (Å²) in [5.74, 6) is -1.56. The van der Waals surface area contributed by atoms with E-state index in [0.29, 0.717) is 16.5 Å². The van der Waals surface area contributed by atoms with Crippen molar-refractivity contribution in [2.24, 2.45) is 0 Å². The second-order valence-corrected chi connectivity index (χ2v) is 3.83. The van der Waals surface area contributed by atoms with Crippen molar-refractivity contribution >= 4 is 16.7 Å². The van der Waals surface area contributed by atoms with Gasteiger partial charge in [0.05, 0.1) is 0 Å². The number of aromatic carboxylic acids is 1. The van der Waals surface area contributed by atoms with Crippen LogP contribution in [0.1, 0.15) is 16.2 Å². The number of nitrogens with zero attached hydrogens (tertiary/aromatic N) is 1. The van der Waals surface area contributed by atoms with E-state index >= 15 is 0 Å². The Hall–Kier alpha value is -2.31. The minimum atomic E-state index is -4.77. The van der Waals surface area contributed by atoms with E-state index in [1.165, 1.54) is 25.1 Å². The van der Waals surface area contributed by atoms with Gasteiger partial charge in [-0.1, -0.05) is 6.07 Å². The zero-order valence-electron chi connectivity index (χ0n) is 9.65. The SMILES string of the molecule is Cc1nc(C(=O)O)cc2ccc(OC(F)(F)F)cc12. The lowest BCUT2D eigenvalue weighted by Gasteiger charge is -2.10. The Morgan fingerprint density at radius 2 is 2.00 bits per heavy atom. The van der Waals surface area contributed by atoms with Crippen LogP contribution in [0, 0.1) is 6.92 Å². The molecular weight excluding hydrogens is 263 g/mol. The van der Waals surface area contributed by atoms with Crippen LogP contribution in [0.4, 0.5) is 13.2 Å². The minimum absolute atomic E-state index is 0.158. The molecule has 1 aromatic heterocycles. The number of carboxylic acids is 1. The Bertz CT molecular complexity index is 652. The molecule has 4 nitrogen and oxygen atoms in total. The molecule has 0 saturated carbocycles. The van der Waals surface area contributed by atoms with Gasteiger partial charge in [-0.2, -0.15) is 0 Å². The van der Waals surface area contributed by atoms with E-state index in [-0.39, 0.29) is 11.4 Å². The predicted octanol–water partition coefficient (Wildman–Crippen LogP) is 3.14. The zero-order chi connectivity index (χ0) is 14.2. The average molecular weight is 271 g/mol. The smallest absolute Gasteiger partial charge is 0.477 e. The highest BCUT2D eigenvalue weighted by molar-refractivity contribution is 5.93. The normalized spacial score (nSPS) is 11.6. The topological polar surface area (TPSA) is 59.4 Å². The lowest BCUT2D eigenvalue weighted by molar-refractivity contribution is -0.274. The highest BCUT2D eigenvalue weighted by atomic mass is 19.4. The summed E-state index contributed by atoms with van der Waals surface area (Å²) >= 11 is 0. The van der Waals surface area contributed by atoms with Gasteiger partial charge in [0.15, 0.2) is 0 Å². The molecule has 1 aromatic carbocycles. The zero-order valence-corrected chi connectivity index (χ0v) is 9.65. The van der Waals surface area contributed by atoms with Crippen LogP contribution in [0.2, 0.25) is 0 Å². The van der Waals surface area contributed by atoms with Crippen LogP contribution in [0.5, 0.6) is 5.75 Å². The number of alkyl halides is 3. The van der Waals surface area contributed by atoms with Crippen LogP contribution in [-0.4, -0.2) is 22.4 Å². The van der Waals surface area contributed by atoms with Crippen molar-refractivity contribution in [2.75, 3.05) is 0 Å². The number of aryl methyl sites for hydroxylation is 1. The first-order valence-corrected chi connectivity index (χ1v) is 5.17. The van der Waals surface area contributed by atoms with Crippen molar-refractivity contribution in [1.82, 2.24) is 4.98 Å². The Balaban J connectivity index is 2.52. The first-order chi connectivity index (χ1) is 8.76. The first kappa shape index (κ1) is 13.1. The molecular formula is C12H8F3NO3. The molecule has 0 fully saturated rings. The number of ether oxygens (including phenoxy) is 1. The summed E-state index contributed by atoms with van der Waals surface area (Å²) in [6, 6.07) is 4.96. The second-order valence-electron chi connectivity index (χ2n) is 3.83. The molecule has 0 amide bonds. The van der Waals surface area contributed by atoms with Gasteiger partial charge in [-0.15, -0.1) is 13.2 Å². The van der Waals surface area contributed by atoms with Gasteiger partial charge in [0, 0.05) is 11.1 Å². The largest absolute Gasteiger partial charge is 0.573 e. The van der Waals surface area contributed by atoms with E-state index in [1.807, 2.05) is 0 Å². The van der Waals surface area contributed by atoms with Crippen LogP contribution in [-0.2, 0) is 0 Å². The molecule has 7 heteroatoms. The molecule has 0 aliphatic heterocycles. The van der Waals surface area contributed by atoms with Crippen molar-refractivity contribution < 1.29 is 27.8 Å². The molecule has 2 aromatic rings. The van der Waals surface area contributed by atoms with Gasteiger partial charge in [-0.25, -0.2) is 9.78 Å². The molecule has 2 rings (SSSR count). The Kier molecular flexibility index (Phi) is 3.05. The van der Waals surface area contributed by atoms with Crippen molar-refractivity contribution in [3.63, 3.8) is 0 Å². The molecule has 0 bridgehead atoms. The third-order valence-electron chi connectivity index (χ3n) is 2.45. The average Bonchev–Trinajstić information content (AvgIpc) is 2.27. The van der Waals surface area contributed by atoms with Gasteiger partial charge in [0.25, 0.3) is 0 Å². The summed E-state index contributed by atoms with van der Waals surface area (Å²) in [5, 5.41) is 9.73. The van der Waals surface area contributed by atoms with E-state index in [9.17, 15) is 18.0 Å². The molecule has 0 spiro atoms. The maximum Gasteiger partial charge on any atom is 0.573 e. The van der Waals surface area contributed by atoms with Crippen LogP contribution in [0.15, 0.2) is 24.3 Å². The number of rotatable bonds is 2. The highest BCUT2D eigenvalue weighted by Crippen LogP contribution is 2.28. The third kappa shape index (κ3) is 2.93. The van der Waals surface area contributed by atoms with E-state index in [1.54, 1.807) is 0 Å². The lowest BCUT2D eigenvalue weighted by Crippen LogP contribution is -2.17. The van der Waals surface area contributed by atoms with Crippen LogP contribution < -0.4 is 4.74 Å². The van der Waals surface area contributed by atoms with Gasteiger partial charge in [-0.05, 0) is 30.5 Å². The van der Waals surface area contributed by atoms with Crippen LogP contribution in [0.3, 0.4) is 0 Å². The fourth-order valence-corrected chi connectivity index (χ4v) is 1.70. The van der Waals surface area contributed by atoms with Crippen LogP contribution >= 0.6 is 0 Å². The van der Waals surface area contributed by atoms with E-state index in [4.69, 9.17) is 5.11 Å². The fourth-order valence-electron chi connectivity index (χ4n) is 1.70. The fraction of sp³-hybridized carbons (Fsp3) is 0.167. The maximum atomic E-state index is 12.1. The molecule has 1 heterocycles. The van der Waals surface area contributed by atoms with Crippen molar-refractivity contribution in [1.29, 1.82) is 0 Å². The predicted molar refractivity (Wildman–Crippen MR) is 60.1 cm³/mol. The molecule has 0 atom stereocenters. The van der Waals surface area contributed by atoms with Crippen LogP contribution in [0.25, 0.3) is 10.8 Å². The van der Waals surface area contributed by atoms with Gasteiger partial charge in [0.1, 0.15) is 11.4 Å². The molecule has 0 unspecified atom stereocenters. The Labute approximate surface area is 105 Å². The second kappa shape index (κ2) is 4.42. The molecule has 0 saturated heterocycles. The number of halogens is 3. The number of carboxylic acid groups (broad SMARTS) is 1. The third-order valence-corrected chi connectivity index (χ3v) is 2.45. The number of aromatic nitrogens is 1. The Morgan fingerprint density at radius 1 is 1.32 bits per heavy atom. The summed E-state index contributed by atoms with van der Waals surface area (Å²) in [5.41, 5.74) is 0.164. The number of hydrogen-bond donors (Lipinski definition) is 1. The Morgan fingerprint density at radius 3 is 2.58 bits per heavy atom. The van der Waals surface area contributed by atoms with Gasteiger partial charge in [0.2, 0.25) is 0 Å². The van der Waals surface area contributed by atoms with E-state index < -0.39 is 12.3 Å². The number of fused-ring (bicyclic) bond motifs is 1. The number of benzene rings is 1. The van der Waals surface area contributed by atoms with Gasteiger partial charge in [-0.3, -0.25) is 0 Å². The molecule has 0 aliphatic rings. The van der Waals surface area contributed by atoms with E-state index in [0.717, 1.165) is 6.07 Å². The van der Waals surface area contributed by atoms with E-state index in [2.05, 4.69) is 9.72 Å². The summed E-state index contributed by atoms with van der Waals surface area (Å²) in [4.78, 5) is 14.6. The lowest BCUT2D eigenvalue weighted by atomic mass is 10.1. The van der Waals surface area contributed by atoms with Crippen molar-refractivity contribution in [3.8, 4) is 5.75 Å². The maximum absolute atomic E-state index is 12.1. The standard InChI is InChI=1S/C12H8F3NO3/c1-6-9-5-8(19-12(13,14)15)3-2-7(9)4-10(16-6)11(17)18/h2-5H,1H3,(H,17,18). The summed E-state index contributed by atoms with van der Waals surface area (Å²) in [7, 11) is 0. The number of pyridine rings is 1. The summed E-state index contributed by atoms with van der Waals surface area (Å²) in [6.45, 7) is 1.52. The monoisotopic (exact) mass is 271 g/mol. The van der Waals surface area contributed by atoms with Crippen molar-refractivity contribution in [2.45, 2.75) is 13.3 Å². The highest BCUT2D eigenvalue weighted by Gasteiger charge is 2.31. The molecule has 100 valence electrons. The first-order valence-electron chi connectivity index (χ1n) is 5.17. The molecule has 0 radical (unpaired) electrons. The molecule has 19 heavy (non-hydrogen) atoms. The summed E-state index contributed by atoms with van der Waals surface area (Å²) < 4.78 is 40.1.